The van der Waals surface area contributed by atoms with E-state index in [1.165, 1.54) is 26.4 Å². The molecule has 0 aromatic carbocycles. The molecule has 0 spiro atoms. The zero-order chi connectivity index (χ0) is 10.1. The summed E-state index contributed by atoms with van der Waals surface area (Å²) in [6.45, 7) is 4.03. The molecule has 0 rings (SSSR count). The largest absolute Gasteiger partial charge is 0.469 e. The Morgan fingerprint density at radius 2 is 2.15 bits per heavy atom. The first-order chi connectivity index (χ1) is 6.22. The molecule has 1 atom stereocenters. The second-order valence-electron chi connectivity index (χ2n) is 3.24. The summed E-state index contributed by atoms with van der Waals surface area (Å²) in [4.78, 5) is 11.0. The van der Waals surface area contributed by atoms with Gasteiger partial charge >= 0.3 is 5.97 Å². The molecule has 0 N–H and O–H groups in total. The van der Waals surface area contributed by atoms with Crippen LogP contribution in [0, 0.1) is 5.92 Å². The second-order valence-corrected chi connectivity index (χ2v) is 3.24. The molecule has 2 heteroatoms. The van der Waals surface area contributed by atoms with Gasteiger partial charge < -0.3 is 4.74 Å². The van der Waals surface area contributed by atoms with E-state index in [-0.39, 0.29) is 11.9 Å². The molecule has 0 amide bonds. The number of carbonyl (C=O) groups excluding carboxylic acids is 1. The molecule has 0 saturated carbocycles. The van der Waals surface area contributed by atoms with E-state index in [0.717, 1.165) is 6.42 Å². The SMILES string of the molecule is CCCCC/C=C/C(C)C(=O)OC. The molecule has 0 fully saturated rings. The molecule has 0 aliphatic heterocycles. The van der Waals surface area contributed by atoms with E-state index in [1.807, 2.05) is 13.0 Å². The monoisotopic (exact) mass is 184 g/mol. The van der Waals surface area contributed by atoms with E-state index >= 15 is 0 Å². The van der Waals surface area contributed by atoms with E-state index in [9.17, 15) is 4.79 Å². The standard InChI is InChI=1S/C11H20O2/c1-4-5-6-7-8-9-10(2)11(12)13-3/h8-10H,4-7H2,1-3H3/b9-8+. The maximum atomic E-state index is 11.0. The van der Waals surface area contributed by atoms with Crippen molar-refractivity contribution in [2.45, 2.75) is 39.5 Å². The van der Waals surface area contributed by atoms with Gasteiger partial charge in [-0.2, -0.15) is 0 Å². The number of rotatable bonds is 6. The van der Waals surface area contributed by atoms with Crippen LogP contribution in [0.4, 0.5) is 0 Å². The summed E-state index contributed by atoms with van der Waals surface area (Å²) in [5, 5.41) is 0. The Hall–Kier alpha value is -0.790. The topological polar surface area (TPSA) is 26.3 Å². The third-order valence-corrected chi connectivity index (χ3v) is 1.97. The molecule has 1 unspecified atom stereocenters. The minimum absolute atomic E-state index is 0.105. The van der Waals surface area contributed by atoms with Crippen LogP contribution in [0.25, 0.3) is 0 Å². The predicted molar refractivity (Wildman–Crippen MR) is 54.5 cm³/mol. The molecule has 76 valence electrons. The van der Waals surface area contributed by atoms with E-state index in [0.29, 0.717) is 0 Å². The molecule has 0 aliphatic carbocycles. The molecule has 0 aromatic heterocycles. The minimum atomic E-state index is -0.160. The number of methoxy groups -OCH3 is 1. The van der Waals surface area contributed by atoms with Gasteiger partial charge in [0.25, 0.3) is 0 Å². The first-order valence-electron chi connectivity index (χ1n) is 4.96. The maximum absolute atomic E-state index is 11.0. The first kappa shape index (κ1) is 12.2. The van der Waals surface area contributed by atoms with Gasteiger partial charge in [0.05, 0.1) is 13.0 Å². The summed E-state index contributed by atoms with van der Waals surface area (Å²) in [7, 11) is 1.42. The van der Waals surface area contributed by atoms with E-state index in [2.05, 4.69) is 17.7 Å². The molecule has 13 heavy (non-hydrogen) atoms. The Balaban J connectivity index is 3.53. The minimum Gasteiger partial charge on any atom is -0.469 e. The highest BCUT2D eigenvalue weighted by Gasteiger charge is 2.07. The highest BCUT2D eigenvalue weighted by Crippen LogP contribution is 2.04. The Morgan fingerprint density at radius 1 is 1.46 bits per heavy atom. The Morgan fingerprint density at radius 3 is 2.69 bits per heavy atom. The van der Waals surface area contributed by atoms with Gasteiger partial charge in [0.15, 0.2) is 0 Å². The van der Waals surface area contributed by atoms with Crippen LogP contribution in [0.2, 0.25) is 0 Å². The fraction of sp³-hybridized carbons (Fsp3) is 0.727. The van der Waals surface area contributed by atoms with Crippen LogP contribution in [0.3, 0.4) is 0 Å². The van der Waals surface area contributed by atoms with Crippen LogP contribution in [0.5, 0.6) is 0 Å². The summed E-state index contributed by atoms with van der Waals surface area (Å²) in [6.07, 6.45) is 8.76. The lowest BCUT2D eigenvalue weighted by Crippen LogP contribution is -2.09. The Bertz CT molecular complexity index is 161. The highest BCUT2D eigenvalue weighted by molar-refractivity contribution is 5.73. The fourth-order valence-electron chi connectivity index (χ4n) is 1.08. The zero-order valence-corrected chi connectivity index (χ0v) is 8.88. The van der Waals surface area contributed by atoms with Gasteiger partial charge in [0.1, 0.15) is 0 Å². The van der Waals surface area contributed by atoms with E-state index in [1.54, 1.807) is 0 Å². The highest BCUT2D eigenvalue weighted by atomic mass is 16.5. The summed E-state index contributed by atoms with van der Waals surface area (Å²) in [5.41, 5.74) is 0. The van der Waals surface area contributed by atoms with Gasteiger partial charge in [-0.25, -0.2) is 0 Å². The van der Waals surface area contributed by atoms with Crippen LogP contribution in [-0.4, -0.2) is 13.1 Å². The maximum Gasteiger partial charge on any atom is 0.312 e. The lowest BCUT2D eigenvalue weighted by atomic mass is 10.1. The van der Waals surface area contributed by atoms with Gasteiger partial charge in [-0.05, 0) is 19.8 Å². The summed E-state index contributed by atoms with van der Waals surface area (Å²) in [6, 6.07) is 0. The molecule has 0 aromatic rings. The van der Waals surface area contributed by atoms with Crippen molar-refractivity contribution in [1.82, 2.24) is 0 Å². The van der Waals surface area contributed by atoms with Crippen LogP contribution in [0.1, 0.15) is 39.5 Å². The number of unbranched alkanes of at least 4 members (excludes halogenated alkanes) is 3. The Labute approximate surface area is 81.0 Å². The molecule has 0 bridgehead atoms. The van der Waals surface area contributed by atoms with Gasteiger partial charge in [-0.1, -0.05) is 31.9 Å². The van der Waals surface area contributed by atoms with Crippen LogP contribution < -0.4 is 0 Å². The van der Waals surface area contributed by atoms with Crippen molar-refractivity contribution in [3.8, 4) is 0 Å². The molecular weight excluding hydrogens is 164 g/mol. The average Bonchev–Trinajstić information content (AvgIpc) is 2.16. The van der Waals surface area contributed by atoms with Crippen molar-refractivity contribution in [1.29, 1.82) is 0 Å². The number of esters is 1. The first-order valence-corrected chi connectivity index (χ1v) is 4.96. The molecular formula is C11H20O2. The van der Waals surface area contributed by atoms with Crippen molar-refractivity contribution >= 4 is 5.97 Å². The van der Waals surface area contributed by atoms with Gasteiger partial charge in [-0.15, -0.1) is 0 Å². The molecule has 2 nitrogen and oxygen atoms in total. The van der Waals surface area contributed by atoms with Gasteiger partial charge in [-0.3, -0.25) is 4.79 Å². The third kappa shape index (κ3) is 6.38. The summed E-state index contributed by atoms with van der Waals surface area (Å²) in [5.74, 6) is -0.265. The predicted octanol–water partition coefficient (Wildman–Crippen LogP) is 2.93. The van der Waals surface area contributed by atoms with Crippen molar-refractivity contribution in [3.05, 3.63) is 12.2 Å². The number of ether oxygens (including phenoxy) is 1. The average molecular weight is 184 g/mol. The molecule has 0 saturated heterocycles. The van der Waals surface area contributed by atoms with Crippen molar-refractivity contribution in [2.75, 3.05) is 7.11 Å². The quantitative estimate of drug-likeness (QED) is 0.360. The number of allylic oxidation sites excluding steroid dienone is 1. The number of hydrogen-bond donors (Lipinski definition) is 0. The smallest absolute Gasteiger partial charge is 0.312 e. The van der Waals surface area contributed by atoms with Gasteiger partial charge in [0.2, 0.25) is 0 Å². The Kier molecular flexibility index (Phi) is 7.36. The third-order valence-electron chi connectivity index (χ3n) is 1.97. The summed E-state index contributed by atoms with van der Waals surface area (Å²) >= 11 is 0. The lowest BCUT2D eigenvalue weighted by Gasteiger charge is -2.02. The second kappa shape index (κ2) is 7.84. The van der Waals surface area contributed by atoms with Crippen LogP contribution >= 0.6 is 0 Å². The number of hydrogen-bond acceptors (Lipinski definition) is 2. The molecule has 0 radical (unpaired) electrons. The lowest BCUT2D eigenvalue weighted by molar-refractivity contribution is -0.143. The van der Waals surface area contributed by atoms with E-state index < -0.39 is 0 Å². The molecule has 0 aliphatic rings. The fourth-order valence-corrected chi connectivity index (χ4v) is 1.08. The summed E-state index contributed by atoms with van der Waals surface area (Å²) < 4.78 is 4.60. The van der Waals surface area contributed by atoms with Crippen LogP contribution in [-0.2, 0) is 9.53 Å². The van der Waals surface area contributed by atoms with Crippen molar-refractivity contribution < 1.29 is 9.53 Å². The van der Waals surface area contributed by atoms with Crippen molar-refractivity contribution in [3.63, 3.8) is 0 Å². The zero-order valence-electron chi connectivity index (χ0n) is 8.88. The van der Waals surface area contributed by atoms with Crippen LogP contribution in [0.15, 0.2) is 12.2 Å². The normalized spacial score (nSPS) is 13.2. The van der Waals surface area contributed by atoms with E-state index in [4.69, 9.17) is 0 Å². The molecule has 0 heterocycles. The number of carbonyl (C=O) groups is 1. The van der Waals surface area contributed by atoms with Crippen molar-refractivity contribution in [2.24, 2.45) is 5.92 Å². The van der Waals surface area contributed by atoms with Gasteiger partial charge in [0, 0.05) is 0 Å².